The van der Waals surface area contributed by atoms with Gasteiger partial charge in [-0.3, -0.25) is 10.1 Å². The first-order chi connectivity index (χ1) is 7.66. The predicted octanol–water partition coefficient (Wildman–Crippen LogP) is 3.53. The second-order valence-electron chi connectivity index (χ2n) is 3.79. The van der Waals surface area contributed by atoms with Crippen molar-refractivity contribution < 1.29 is 4.92 Å². The zero-order chi connectivity index (χ0) is 11.5. The molecule has 0 fully saturated rings. The van der Waals surface area contributed by atoms with Gasteiger partial charge in [-0.15, -0.1) is 0 Å². The summed E-state index contributed by atoms with van der Waals surface area (Å²) in [6.07, 6.45) is 7.28. The summed E-state index contributed by atoms with van der Waals surface area (Å²) in [6, 6.07) is 6.66. The van der Waals surface area contributed by atoms with Crippen LogP contribution >= 0.6 is 0 Å². The van der Waals surface area contributed by atoms with E-state index in [2.05, 4.69) is 25.5 Å². The van der Waals surface area contributed by atoms with Crippen LogP contribution in [0.2, 0.25) is 0 Å². The van der Waals surface area contributed by atoms with Crippen LogP contribution in [0, 0.1) is 16.5 Å². The van der Waals surface area contributed by atoms with Crippen LogP contribution in [0.5, 0.6) is 0 Å². The summed E-state index contributed by atoms with van der Waals surface area (Å²) in [5, 5.41) is 10.5. The number of hydrogen-bond acceptors (Lipinski definition) is 2. The van der Waals surface area contributed by atoms with Crippen LogP contribution in [0.3, 0.4) is 0 Å². The van der Waals surface area contributed by atoms with Gasteiger partial charge in [0.1, 0.15) is 0 Å². The molecule has 16 heavy (non-hydrogen) atoms. The number of allylic oxidation sites excluding steroid dienone is 4. The molecule has 3 nitrogen and oxygen atoms in total. The molecule has 3 heteroatoms. The quantitative estimate of drug-likeness (QED) is 0.558. The Morgan fingerprint density at radius 1 is 1.25 bits per heavy atom. The van der Waals surface area contributed by atoms with E-state index >= 15 is 0 Å². The number of hydrogen-bond donors (Lipinski definition) is 0. The highest BCUT2D eigenvalue weighted by molar-refractivity contribution is 5.75. The third-order valence-corrected chi connectivity index (χ3v) is 2.57. The molecule has 1 radical (unpaired) electrons. The van der Waals surface area contributed by atoms with E-state index in [1.807, 2.05) is 0 Å². The molecule has 1 aliphatic rings. The molecule has 0 spiro atoms. The molecule has 0 saturated heterocycles. The lowest BCUT2D eigenvalue weighted by Gasteiger charge is -2.11. The lowest BCUT2D eigenvalue weighted by Crippen LogP contribution is -1.93. The molecule has 81 valence electrons. The fourth-order valence-electron chi connectivity index (χ4n) is 1.71. The molecule has 0 aliphatic heterocycles. The molecule has 0 aromatic heterocycles. The van der Waals surface area contributed by atoms with Gasteiger partial charge in [0, 0.05) is 12.1 Å². The first-order valence-corrected chi connectivity index (χ1v) is 5.13. The summed E-state index contributed by atoms with van der Waals surface area (Å²) < 4.78 is 0. The smallest absolute Gasteiger partial charge is 0.258 e. The van der Waals surface area contributed by atoms with Crippen molar-refractivity contribution in [1.82, 2.24) is 0 Å². The maximum Gasteiger partial charge on any atom is 0.269 e. The number of benzene rings is 1. The van der Waals surface area contributed by atoms with Gasteiger partial charge < -0.3 is 0 Å². The minimum atomic E-state index is -0.381. The van der Waals surface area contributed by atoms with E-state index in [4.69, 9.17) is 0 Å². The van der Waals surface area contributed by atoms with Gasteiger partial charge in [0.25, 0.3) is 5.69 Å². The Kier molecular flexibility index (Phi) is 2.86. The van der Waals surface area contributed by atoms with Crippen LogP contribution in [-0.2, 0) is 0 Å². The monoisotopic (exact) mass is 214 g/mol. The van der Waals surface area contributed by atoms with Crippen molar-refractivity contribution in [2.75, 3.05) is 0 Å². The van der Waals surface area contributed by atoms with Gasteiger partial charge in [-0.1, -0.05) is 17.7 Å². The average Bonchev–Trinajstić information content (AvgIpc) is 2.29. The zero-order valence-electron chi connectivity index (χ0n) is 9.01. The van der Waals surface area contributed by atoms with Crippen molar-refractivity contribution in [2.45, 2.75) is 13.3 Å². The van der Waals surface area contributed by atoms with Gasteiger partial charge in [0.15, 0.2) is 0 Å². The van der Waals surface area contributed by atoms with E-state index in [0.29, 0.717) is 0 Å². The van der Waals surface area contributed by atoms with E-state index in [0.717, 1.165) is 17.6 Å². The SMILES string of the molecule is CC1=CC[CH]C(c2ccc([N+](=O)[O-])cc2)=C1. The van der Waals surface area contributed by atoms with Crippen molar-refractivity contribution in [3.63, 3.8) is 0 Å². The first kappa shape index (κ1) is 10.6. The van der Waals surface area contributed by atoms with E-state index in [1.165, 1.54) is 17.7 Å². The molecule has 1 aromatic rings. The van der Waals surface area contributed by atoms with Crippen LogP contribution in [0.1, 0.15) is 18.9 Å². The third kappa shape index (κ3) is 2.19. The molecule has 0 atom stereocenters. The van der Waals surface area contributed by atoms with Crippen molar-refractivity contribution >= 4 is 11.3 Å². The lowest BCUT2D eigenvalue weighted by atomic mass is 9.94. The molecule has 0 amide bonds. The molecule has 0 bridgehead atoms. The van der Waals surface area contributed by atoms with Crippen molar-refractivity contribution in [3.05, 3.63) is 64.1 Å². The second kappa shape index (κ2) is 4.31. The Morgan fingerprint density at radius 2 is 1.94 bits per heavy atom. The Labute approximate surface area is 94.3 Å². The van der Waals surface area contributed by atoms with Crippen molar-refractivity contribution in [1.29, 1.82) is 0 Å². The van der Waals surface area contributed by atoms with E-state index in [-0.39, 0.29) is 10.6 Å². The predicted molar refractivity (Wildman–Crippen MR) is 63.7 cm³/mol. The number of nitrogens with zero attached hydrogens (tertiary/aromatic N) is 1. The van der Waals surface area contributed by atoms with E-state index in [9.17, 15) is 10.1 Å². The van der Waals surface area contributed by atoms with Crippen molar-refractivity contribution in [3.8, 4) is 0 Å². The average molecular weight is 214 g/mol. The number of nitro groups is 1. The fraction of sp³-hybridized carbons (Fsp3) is 0.154. The highest BCUT2D eigenvalue weighted by Crippen LogP contribution is 2.26. The number of rotatable bonds is 2. The van der Waals surface area contributed by atoms with Crippen LogP contribution in [-0.4, -0.2) is 4.92 Å². The molecule has 0 saturated carbocycles. The molecule has 0 N–H and O–H groups in total. The fourth-order valence-corrected chi connectivity index (χ4v) is 1.71. The van der Waals surface area contributed by atoms with Gasteiger partial charge in [-0.05, 0) is 43.0 Å². The zero-order valence-corrected chi connectivity index (χ0v) is 9.01. The molecule has 2 rings (SSSR count). The highest BCUT2D eigenvalue weighted by atomic mass is 16.6. The van der Waals surface area contributed by atoms with Gasteiger partial charge >= 0.3 is 0 Å². The number of nitro benzene ring substituents is 1. The van der Waals surface area contributed by atoms with Gasteiger partial charge in [0.2, 0.25) is 0 Å². The van der Waals surface area contributed by atoms with Crippen LogP contribution in [0.4, 0.5) is 5.69 Å². The van der Waals surface area contributed by atoms with E-state index < -0.39 is 0 Å². The minimum Gasteiger partial charge on any atom is -0.258 e. The first-order valence-electron chi connectivity index (χ1n) is 5.13. The molecule has 1 aliphatic carbocycles. The molecule has 0 heterocycles. The Hall–Kier alpha value is -1.90. The van der Waals surface area contributed by atoms with Gasteiger partial charge in [-0.25, -0.2) is 0 Å². The summed E-state index contributed by atoms with van der Waals surface area (Å²) in [5.41, 5.74) is 3.52. The normalized spacial score (nSPS) is 15.3. The molecular formula is C13H12NO2. The standard InChI is InChI=1S/C13H12NO2/c1-10-3-2-4-12(9-10)11-5-7-13(8-6-11)14(15)16/h3-9H,2H2,1H3. The van der Waals surface area contributed by atoms with Crippen LogP contribution in [0.15, 0.2) is 42.0 Å². The van der Waals surface area contributed by atoms with Gasteiger partial charge in [0.05, 0.1) is 4.92 Å². The summed E-state index contributed by atoms with van der Waals surface area (Å²) in [6.45, 7) is 2.05. The summed E-state index contributed by atoms with van der Waals surface area (Å²) in [7, 11) is 0. The molecule has 0 unspecified atom stereocenters. The van der Waals surface area contributed by atoms with Gasteiger partial charge in [-0.2, -0.15) is 0 Å². The Bertz CT molecular complexity index is 469. The maximum atomic E-state index is 10.5. The molecular weight excluding hydrogens is 202 g/mol. The Morgan fingerprint density at radius 3 is 2.50 bits per heavy atom. The maximum absolute atomic E-state index is 10.5. The van der Waals surface area contributed by atoms with Crippen LogP contribution in [0.25, 0.3) is 5.57 Å². The Balaban J connectivity index is 2.28. The van der Waals surface area contributed by atoms with Crippen LogP contribution < -0.4 is 0 Å². The minimum absolute atomic E-state index is 0.132. The second-order valence-corrected chi connectivity index (χ2v) is 3.79. The lowest BCUT2D eigenvalue weighted by molar-refractivity contribution is -0.384. The largest absolute Gasteiger partial charge is 0.269 e. The topological polar surface area (TPSA) is 43.1 Å². The third-order valence-electron chi connectivity index (χ3n) is 2.57. The van der Waals surface area contributed by atoms with E-state index in [1.54, 1.807) is 12.1 Å². The summed E-state index contributed by atoms with van der Waals surface area (Å²) in [5.74, 6) is 0. The molecule has 1 aromatic carbocycles. The number of non-ortho nitro benzene ring substituents is 1. The summed E-state index contributed by atoms with van der Waals surface area (Å²) in [4.78, 5) is 10.1. The summed E-state index contributed by atoms with van der Waals surface area (Å²) >= 11 is 0. The highest BCUT2D eigenvalue weighted by Gasteiger charge is 2.08. The van der Waals surface area contributed by atoms with Crippen molar-refractivity contribution in [2.24, 2.45) is 0 Å².